The fourth-order valence-corrected chi connectivity index (χ4v) is 2.27. The monoisotopic (exact) mass is 212 g/mol. The Balaban J connectivity index is 2.33. The molecule has 1 fully saturated rings. The predicted molar refractivity (Wildman–Crippen MR) is 62.4 cm³/mol. The Morgan fingerprint density at radius 2 is 2.00 bits per heavy atom. The average molecular weight is 212 g/mol. The standard InChI is InChI=1S/C12H24N2O/c1-3-11(13)12(15)14-9(2)10-7-5-4-6-8-10/h9-11H,3-8,13H2,1-2H3,(H,14,15)/t9-,11+/m0/s1. The van der Waals surface area contributed by atoms with Crippen molar-refractivity contribution < 1.29 is 4.79 Å². The first-order valence-corrected chi connectivity index (χ1v) is 6.21. The summed E-state index contributed by atoms with van der Waals surface area (Å²) in [5.41, 5.74) is 5.68. The van der Waals surface area contributed by atoms with Crippen LogP contribution in [0.1, 0.15) is 52.4 Å². The molecule has 0 aliphatic heterocycles. The van der Waals surface area contributed by atoms with Crippen molar-refractivity contribution in [2.24, 2.45) is 11.7 Å². The number of hydrogen-bond acceptors (Lipinski definition) is 2. The van der Waals surface area contributed by atoms with Crippen LogP contribution in [0.5, 0.6) is 0 Å². The van der Waals surface area contributed by atoms with E-state index in [0.29, 0.717) is 12.3 Å². The summed E-state index contributed by atoms with van der Waals surface area (Å²) in [6, 6.07) is -0.0496. The van der Waals surface area contributed by atoms with E-state index in [1.54, 1.807) is 0 Å². The van der Waals surface area contributed by atoms with Crippen molar-refractivity contribution in [1.82, 2.24) is 5.32 Å². The van der Waals surface area contributed by atoms with Gasteiger partial charge in [0, 0.05) is 6.04 Å². The summed E-state index contributed by atoms with van der Waals surface area (Å²) >= 11 is 0. The number of nitrogens with two attached hydrogens (primary N) is 1. The summed E-state index contributed by atoms with van der Waals surface area (Å²) in [6.07, 6.45) is 7.19. The molecule has 0 heterocycles. The SMILES string of the molecule is CC[C@@H](N)C(=O)N[C@@H](C)C1CCCCC1. The second-order valence-corrected chi connectivity index (χ2v) is 4.71. The molecule has 1 aliphatic rings. The van der Waals surface area contributed by atoms with Crippen LogP contribution in [0.3, 0.4) is 0 Å². The maximum atomic E-state index is 11.6. The second-order valence-electron chi connectivity index (χ2n) is 4.71. The molecular weight excluding hydrogens is 188 g/mol. The number of rotatable bonds is 4. The Morgan fingerprint density at radius 3 is 2.53 bits per heavy atom. The molecule has 2 atom stereocenters. The molecule has 1 amide bonds. The maximum absolute atomic E-state index is 11.6. The molecule has 1 rings (SSSR count). The molecule has 0 unspecified atom stereocenters. The minimum Gasteiger partial charge on any atom is -0.352 e. The molecule has 88 valence electrons. The van der Waals surface area contributed by atoms with Crippen LogP contribution in [0.4, 0.5) is 0 Å². The van der Waals surface area contributed by atoms with E-state index in [1.807, 2.05) is 6.92 Å². The van der Waals surface area contributed by atoms with Gasteiger partial charge in [-0.2, -0.15) is 0 Å². The first-order chi connectivity index (χ1) is 7.15. The summed E-state index contributed by atoms with van der Waals surface area (Å²) in [4.78, 5) is 11.6. The highest BCUT2D eigenvalue weighted by Crippen LogP contribution is 2.26. The van der Waals surface area contributed by atoms with E-state index < -0.39 is 0 Å². The second kappa shape index (κ2) is 6.11. The Kier molecular flexibility index (Phi) is 5.09. The number of amides is 1. The van der Waals surface area contributed by atoms with Gasteiger partial charge in [0.2, 0.25) is 5.91 Å². The van der Waals surface area contributed by atoms with Crippen LogP contribution in [0.25, 0.3) is 0 Å². The van der Waals surface area contributed by atoms with E-state index in [-0.39, 0.29) is 18.0 Å². The van der Waals surface area contributed by atoms with E-state index in [1.165, 1.54) is 32.1 Å². The van der Waals surface area contributed by atoms with Crippen LogP contribution in [-0.4, -0.2) is 18.0 Å². The Labute approximate surface area is 92.8 Å². The van der Waals surface area contributed by atoms with E-state index in [4.69, 9.17) is 5.73 Å². The van der Waals surface area contributed by atoms with Gasteiger partial charge in [-0.1, -0.05) is 26.2 Å². The highest BCUT2D eigenvalue weighted by atomic mass is 16.2. The van der Waals surface area contributed by atoms with E-state index in [0.717, 1.165) is 0 Å². The van der Waals surface area contributed by atoms with Crippen LogP contribution in [-0.2, 0) is 4.79 Å². The van der Waals surface area contributed by atoms with Gasteiger partial charge in [0.05, 0.1) is 6.04 Å². The molecule has 0 aromatic carbocycles. The first kappa shape index (κ1) is 12.5. The van der Waals surface area contributed by atoms with Crippen LogP contribution in [0, 0.1) is 5.92 Å². The van der Waals surface area contributed by atoms with Crippen molar-refractivity contribution in [3.8, 4) is 0 Å². The van der Waals surface area contributed by atoms with Crippen molar-refractivity contribution in [3.63, 3.8) is 0 Å². The summed E-state index contributed by atoms with van der Waals surface area (Å²) in [5, 5.41) is 3.04. The van der Waals surface area contributed by atoms with Crippen molar-refractivity contribution in [1.29, 1.82) is 0 Å². The number of carbonyl (C=O) groups is 1. The fourth-order valence-electron chi connectivity index (χ4n) is 2.27. The molecule has 15 heavy (non-hydrogen) atoms. The lowest BCUT2D eigenvalue weighted by Crippen LogP contribution is -2.46. The van der Waals surface area contributed by atoms with Gasteiger partial charge in [-0.05, 0) is 32.1 Å². The topological polar surface area (TPSA) is 55.1 Å². The third kappa shape index (κ3) is 3.82. The lowest BCUT2D eigenvalue weighted by atomic mass is 9.84. The van der Waals surface area contributed by atoms with Crippen LogP contribution in [0.2, 0.25) is 0 Å². The molecule has 3 N–H and O–H groups in total. The molecule has 0 saturated heterocycles. The minimum atomic E-state index is -0.337. The highest BCUT2D eigenvalue weighted by molar-refractivity contribution is 5.81. The molecule has 1 saturated carbocycles. The summed E-state index contributed by atoms with van der Waals surface area (Å²) in [7, 11) is 0. The number of carbonyl (C=O) groups excluding carboxylic acids is 1. The van der Waals surface area contributed by atoms with Gasteiger partial charge in [0.25, 0.3) is 0 Å². The molecule has 0 spiro atoms. The zero-order valence-corrected chi connectivity index (χ0v) is 9.96. The quantitative estimate of drug-likeness (QED) is 0.746. The zero-order valence-electron chi connectivity index (χ0n) is 9.96. The van der Waals surface area contributed by atoms with Crippen molar-refractivity contribution in [2.75, 3.05) is 0 Å². The third-order valence-electron chi connectivity index (χ3n) is 3.50. The molecule has 0 radical (unpaired) electrons. The van der Waals surface area contributed by atoms with E-state index in [2.05, 4.69) is 12.2 Å². The largest absolute Gasteiger partial charge is 0.352 e. The molecule has 3 nitrogen and oxygen atoms in total. The van der Waals surface area contributed by atoms with Crippen LogP contribution in [0.15, 0.2) is 0 Å². The minimum absolute atomic E-state index is 0.00979. The molecular formula is C12H24N2O. The Morgan fingerprint density at radius 1 is 1.40 bits per heavy atom. The summed E-state index contributed by atoms with van der Waals surface area (Å²) in [5.74, 6) is 0.669. The fraction of sp³-hybridized carbons (Fsp3) is 0.917. The maximum Gasteiger partial charge on any atom is 0.237 e. The normalized spacial score (nSPS) is 22.1. The Hall–Kier alpha value is -0.570. The zero-order chi connectivity index (χ0) is 11.3. The Bertz CT molecular complexity index is 200. The highest BCUT2D eigenvalue weighted by Gasteiger charge is 2.22. The smallest absolute Gasteiger partial charge is 0.237 e. The van der Waals surface area contributed by atoms with Crippen LogP contribution < -0.4 is 11.1 Å². The van der Waals surface area contributed by atoms with Gasteiger partial charge >= 0.3 is 0 Å². The van der Waals surface area contributed by atoms with E-state index in [9.17, 15) is 4.79 Å². The molecule has 0 aromatic rings. The van der Waals surface area contributed by atoms with Crippen molar-refractivity contribution in [3.05, 3.63) is 0 Å². The van der Waals surface area contributed by atoms with Gasteiger partial charge in [0.15, 0.2) is 0 Å². The predicted octanol–water partition coefficient (Wildman–Crippen LogP) is 1.81. The average Bonchev–Trinajstić information content (AvgIpc) is 2.29. The van der Waals surface area contributed by atoms with Crippen molar-refractivity contribution in [2.45, 2.75) is 64.5 Å². The van der Waals surface area contributed by atoms with Gasteiger partial charge in [-0.15, -0.1) is 0 Å². The molecule has 1 aliphatic carbocycles. The molecule has 0 aromatic heterocycles. The first-order valence-electron chi connectivity index (χ1n) is 6.21. The lowest BCUT2D eigenvalue weighted by molar-refractivity contribution is -0.123. The summed E-state index contributed by atoms with van der Waals surface area (Å²) in [6.45, 7) is 4.05. The van der Waals surface area contributed by atoms with Gasteiger partial charge in [-0.3, -0.25) is 4.79 Å². The molecule has 0 bridgehead atoms. The van der Waals surface area contributed by atoms with E-state index >= 15 is 0 Å². The molecule has 3 heteroatoms. The summed E-state index contributed by atoms with van der Waals surface area (Å²) < 4.78 is 0. The van der Waals surface area contributed by atoms with Crippen LogP contribution >= 0.6 is 0 Å². The van der Waals surface area contributed by atoms with Gasteiger partial charge in [-0.25, -0.2) is 0 Å². The van der Waals surface area contributed by atoms with Crippen molar-refractivity contribution >= 4 is 5.91 Å². The number of hydrogen-bond donors (Lipinski definition) is 2. The number of nitrogens with one attached hydrogen (secondary N) is 1. The van der Waals surface area contributed by atoms with Gasteiger partial charge < -0.3 is 11.1 Å². The van der Waals surface area contributed by atoms with Gasteiger partial charge in [0.1, 0.15) is 0 Å². The third-order valence-corrected chi connectivity index (χ3v) is 3.50. The lowest BCUT2D eigenvalue weighted by Gasteiger charge is -2.29.